The topological polar surface area (TPSA) is 37.8 Å². The molecule has 0 amide bonds. The third kappa shape index (κ3) is 2.52. The summed E-state index contributed by atoms with van der Waals surface area (Å²) in [4.78, 5) is 0. The van der Waals surface area contributed by atoms with E-state index in [1.54, 1.807) is 0 Å². The number of nitrogens with zero attached hydrogens (tertiary/aromatic N) is 2. The normalized spacial score (nSPS) is 12.5. The van der Waals surface area contributed by atoms with E-state index in [1.165, 1.54) is 21.9 Å². The maximum absolute atomic E-state index is 4.26. The molecule has 0 aliphatic rings. The highest BCUT2D eigenvalue weighted by atomic mass is 15.1. The monoisotopic (exact) mass is 277 g/mol. The zero-order valence-corrected chi connectivity index (χ0v) is 12.6. The Morgan fingerprint density at radius 3 is 2.48 bits per heavy atom. The van der Waals surface area contributed by atoms with Crippen LogP contribution in [0, 0.1) is 13.8 Å². The largest absolute Gasteiger partial charge is 0.309 e. The SMILES string of the molecule is CNC(c1cc(C)nnc1C)c1cccc2ccccc12. The van der Waals surface area contributed by atoms with E-state index >= 15 is 0 Å². The van der Waals surface area contributed by atoms with Crippen molar-refractivity contribution in [3.05, 3.63) is 71.0 Å². The van der Waals surface area contributed by atoms with Crippen LogP contribution in [0.3, 0.4) is 0 Å². The first-order chi connectivity index (χ1) is 10.2. The van der Waals surface area contributed by atoms with Crippen molar-refractivity contribution in [2.24, 2.45) is 0 Å². The van der Waals surface area contributed by atoms with E-state index in [0.29, 0.717) is 0 Å². The maximum Gasteiger partial charge on any atom is 0.0651 e. The average molecular weight is 277 g/mol. The summed E-state index contributed by atoms with van der Waals surface area (Å²) in [5.74, 6) is 0. The van der Waals surface area contributed by atoms with Crippen molar-refractivity contribution in [3.63, 3.8) is 0 Å². The fourth-order valence-corrected chi connectivity index (χ4v) is 2.84. The zero-order chi connectivity index (χ0) is 14.8. The van der Waals surface area contributed by atoms with E-state index in [-0.39, 0.29) is 6.04 Å². The molecule has 0 spiro atoms. The number of aryl methyl sites for hydroxylation is 2. The summed E-state index contributed by atoms with van der Waals surface area (Å²) in [7, 11) is 1.99. The Hall–Kier alpha value is -2.26. The number of aromatic nitrogens is 2. The minimum absolute atomic E-state index is 0.116. The number of hydrogen-bond donors (Lipinski definition) is 1. The van der Waals surface area contributed by atoms with Crippen LogP contribution in [0.15, 0.2) is 48.5 Å². The summed E-state index contributed by atoms with van der Waals surface area (Å²) in [6.07, 6.45) is 0. The Balaban J connectivity index is 2.21. The Bertz CT molecular complexity index is 775. The van der Waals surface area contributed by atoms with Gasteiger partial charge >= 0.3 is 0 Å². The third-order valence-corrected chi connectivity index (χ3v) is 3.87. The second-order valence-corrected chi connectivity index (χ2v) is 5.32. The second-order valence-electron chi connectivity index (χ2n) is 5.32. The number of hydrogen-bond acceptors (Lipinski definition) is 3. The van der Waals surface area contributed by atoms with Gasteiger partial charge < -0.3 is 5.32 Å². The van der Waals surface area contributed by atoms with Crippen LogP contribution in [0.5, 0.6) is 0 Å². The van der Waals surface area contributed by atoms with E-state index in [1.807, 2.05) is 20.9 Å². The highest BCUT2D eigenvalue weighted by molar-refractivity contribution is 5.86. The van der Waals surface area contributed by atoms with Crippen molar-refractivity contribution >= 4 is 10.8 Å². The molecular formula is C18H19N3. The number of benzene rings is 2. The Kier molecular flexibility index (Phi) is 3.67. The van der Waals surface area contributed by atoms with Gasteiger partial charge in [0.25, 0.3) is 0 Å². The van der Waals surface area contributed by atoms with E-state index in [2.05, 4.69) is 64.0 Å². The van der Waals surface area contributed by atoms with Gasteiger partial charge in [-0.15, -0.1) is 0 Å². The zero-order valence-electron chi connectivity index (χ0n) is 12.6. The van der Waals surface area contributed by atoms with Gasteiger partial charge in [0.05, 0.1) is 17.4 Å². The van der Waals surface area contributed by atoms with Gasteiger partial charge in [-0.2, -0.15) is 10.2 Å². The van der Waals surface area contributed by atoms with E-state index in [9.17, 15) is 0 Å². The third-order valence-electron chi connectivity index (χ3n) is 3.87. The number of fused-ring (bicyclic) bond motifs is 1. The molecule has 2 aromatic carbocycles. The molecule has 3 heteroatoms. The van der Waals surface area contributed by atoms with Crippen LogP contribution in [0.4, 0.5) is 0 Å². The quantitative estimate of drug-likeness (QED) is 0.795. The second kappa shape index (κ2) is 5.62. The molecule has 1 heterocycles. The molecule has 1 unspecified atom stereocenters. The van der Waals surface area contributed by atoms with Crippen molar-refractivity contribution in [1.82, 2.24) is 15.5 Å². The van der Waals surface area contributed by atoms with Crippen molar-refractivity contribution in [3.8, 4) is 0 Å². The molecule has 0 bridgehead atoms. The molecular weight excluding hydrogens is 258 g/mol. The van der Waals surface area contributed by atoms with Gasteiger partial charge in [-0.05, 0) is 48.9 Å². The standard InChI is InChI=1S/C18H19N3/c1-12-11-17(13(2)21-20-12)18(19-3)16-10-6-8-14-7-4-5-9-15(14)16/h4-11,18-19H,1-3H3. The molecule has 0 aliphatic carbocycles. The Morgan fingerprint density at radius 2 is 1.67 bits per heavy atom. The Morgan fingerprint density at radius 1 is 0.905 bits per heavy atom. The molecule has 0 fully saturated rings. The smallest absolute Gasteiger partial charge is 0.0651 e. The minimum atomic E-state index is 0.116. The fourth-order valence-electron chi connectivity index (χ4n) is 2.84. The average Bonchev–Trinajstić information content (AvgIpc) is 2.51. The van der Waals surface area contributed by atoms with Crippen molar-refractivity contribution in [2.75, 3.05) is 7.05 Å². The first-order valence-electron chi connectivity index (χ1n) is 7.16. The van der Waals surface area contributed by atoms with Gasteiger partial charge in [0.1, 0.15) is 0 Å². The Labute approximate surface area is 125 Å². The predicted molar refractivity (Wildman–Crippen MR) is 86.4 cm³/mol. The summed E-state index contributed by atoms with van der Waals surface area (Å²) < 4.78 is 0. The molecule has 3 rings (SSSR count). The summed E-state index contributed by atoms with van der Waals surface area (Å²) in [6.45, 7) is 3.99. The van der Waals surface area contributed by atoms with E-state index in [4.69, 9.17) is 0 Å². The molecule has 21 heavy (non-hydrogen) atoms. The summed E-state index contributed by atoms with van der Waals surface area (Å²) in [5.41, 5.74) is 4.36. The van der Waals surface area contributed by atoms with Crippen LogP contribution in [-0.2, 0) is 0 Å². The summed E-state index contributed by atoms with van der Waals surface area (Å²) in [5, 5.41) is 14.4. The lowest BCUT2D eigenvalue weighted by molar-refractivity contribution is 0.680. The predicted octanol–water partition coefficient (Wildman–Crippen LogP) is 3.56. The molecule has 0 saturated carbocycles. The molecule has 1 aromatic heterocycles. The van der Waals surface area contributed by atoms with Crippen molar-refractivity contribution in [2.45, 2.75) is 19.9 Å². The molecule has 1 N–H and O–H groups in total. The highest BCUT2D eigenvalue weighted by Gasteiger charge is 2.17. The lowest BCUT2D eigenvalue weighted by Crippen LogP contribution is -2.20. The van der Waals surface area contributed by atoms with Gasteiger partial charge in [-0.1, -0.05) is 42.5 Å². The molecule has 0 radical (unpaired) electrons. The van der Waals surface area contributed by atoms with Gasteiger partial charge in [0.2, 0.25) is 0 Å². The molecule has 0 saturated heterocycles. The van der Waals surface area contributed by atoms with Gasteiger partial charge in [-0.25, -0.2) is 0 Å². The molecule has 3 aromatic rings. The first kappa shape index (κ1) is 13.7. The lowest BCUT2D eigenvalue weighted by Gasteiger charge is -2.20. The molecule has 1 atom stereocenters. The van der Waals surface area contributed by atoms with Crippen LogP contribution >= 0.6 is 0 Å². The van der Waals surface area contributed by atoms with E-state index < -0.39 is 0 Å². The van der Waals surface area contributed by atoms with Crippen LogP contribution in [0.2, 0.25) is 0 Å². The lowest BCUT2D eigenvalue weighted by atomic mass is 9.93. The van der Waals surface area contributed by atoms with Crippen molar-refractivity contribution in [1.29, 1.82) is 0 Å². The highest BCUT2D eigenvalue weighted by Crippen LogP contribution is 2.29. The number of nitrogens with one attached hydrogen (secondary N) is 1. The van der Waals surface area contributed by atoms with Crippen molar-refractivity contribution < 1.29 is 0 Å². The summed E-state index contributed by atoms with van der Waals surface area (Å²) in [6, 6.07) is 17.1. The van der Waals surface area contributed by atoms with Gasteiger partial charge in [0, 0.05) is 0 Å². The van der Waals surface area contributed by atoms with Crippen LogP contribution in [0.1, 0.15) is 28.6 Å². The molecule has 0 aliphatic heterocycles. The number of rotatable bonds is 3. The first-order valence-corrected chi connectivity index (χ1v) is 7.16. The van der Waals surface area contributed by atoms with Gasteiger partial charge in [-0.3, -0.25) is 0 Å². The maximum atomic E-state index is 4.26. The minimum Gasteiger partial charge on any atom is -0.309 e. The fraction of sp³-hybridized carbons (Fsp3) is 0.222. The van der Waals surface area contributed by atoms with Gasteiger partial charge in [0.15, 0.2) is 0 Å². The summed E-state index contributed by atoms with van der Waals surface area (Å²) >= 11 is 0. The van der Waals surface area contributed by atoms with Crippen LogP contribution < -0.4 is 5.32 Å². The molecule has 3 nitrogen and oxygen atoms in total. The van der Waals surface area contributed by atoms with Crippen LogP contribution in [-0.4, -0.2) is 17.2 Å². The molecule has 106 valence electrons. The van der Waals surface area contributed by atoms with Crippen LogP contribution in [0.25, 0.3) is 10.8 Å². The van der Waals surface area contributed by atoms with E-state index in [0.717, 1.165) is 11.4 Å².